The van der Waals surface area contributed by atoms with Crippen molar-refractivity contribution in [1.29, 1.82) is 0 Å². The average molecular weight is 215 g/mol. The summed E-state index contributed by atoms with van der Waals surface area (Å²) >= 11 is 4.28. The fraction of sp³-hybridized carbons (Fsp3) is 0.909. The summed E-state index contributed by atoms with van der Waals surface area (Å²) in [5.41, 5.74) is 0. The average Bonchev–Trinajstić information content (AvgIpc) is 2.65. The summed E-state index contributed by atoms with van der Waals surface area (Å²) in [5.74, 6) is 1.11. The number of hydrogen-bond acceptors (Lipinski definition) is 2. The molecule has 1 unspecified atom stereocenters. The summed E-state index contributed by atoms with van der Waals surface area (Å²) in [6.07, 6.45) is 5.21. The maximum Gasteiger partial charge on any atom is 0.233 e. The lowest BCUT2D eigenvalue weighted by molar-refractivity contribution is -0.121. The van der Waals surface area contributed by atoms with Crippen LogP contribution >= 0.6 is 12.6 Å². The zero-order valence-electron chi connectivity index (χ0n) is 9.12. The van der Waals surface area contributed by atoms with Gasteiger partial charge in [-0.3, -0.25) is 4.79 Å². The number of carbonyl (C=O) groups excluding carboxylic acids is 1. The normalized spacial score (nSPS) is 20.0. The lowest BCUT2D eigenvalue weighted by atomic mass is 10.1. The van der Waals surface area contributed by atoms with Crippen molar-refractivity contribution in [2.45, 2.75) is 44.8 Å². The van der Waals surface area contributed by atoms with Crippen LogP contribution in [-0.4, -0.2) is 17.7 Å². The van der Waals surface area contributed by atoms with E-state index in [4.69, 9.17) is 0 Å². The molecule has 1 aliphatic carbocycles. The van der Waals surface area contributed by atoms with Gasteiger partial charge in [-0.2, -0.15) is 12.6 Å². The van der Waals surface area contributed by atoms with E-state index in [0.717, 1.165) is 6.54 Å². The van der Waals surface area contributed by atoms with Crippen LogP contribution in [0.4, 0.5) is 0 Å². The lowest BCUT2D eigenvalue weighted by Crippen LogP contribution is -2.36. The Morgan fingerprint density at radius 1 is 1.43 bits per heavy atom. The van der Waals surface area contributed by atoms with E-state index in [1.165, 1.54) is 25.7 Å². The van der Waals surface area contributed by atoms with E-state index in [0.29, 0.717) is 11.8 Å². The highest BCUT2D eigenvalue weighted by atomic mass is 32.1. The summed E-state index contributed by atoms with van der Waals surface area (Å²) in [7, 11) is 0. The third-order valence-corrected chi connectivity index (χ3v) is 3.77. The van der Waals surface area contributed by atoms with Crippen LogP contribution in [0.2, 0.25) is 0 Å². The summed E-state index contributed by atoms with van der Waals surface area (Å²) in [6.45, 7) is 4.89. The number of nitrogens with one attached hydrogen (secondary N) is 1. The van der Waals surface area contributed by atoms with Crippen molar-refractivity contribution in [2.75, 3.05) is 6.54 Å². The highest BCUT2D eigenvalue weighted by Gasteiger charge is 2.20. The van der Waals surface area contributed by atoms with E-state index in [1.54, 1.807) is 0 Å². The molecule has 1 amide bonds. The first kappa shape index (κ1) is 11.9. The Labute approximate surface area is 92.2 Å². The Morgan fingerprint density at radius 2 is 2.00 bits per heavy atom. The van der Waals surface area contributed by atoms with Gasteiger partial charge >= 0.3 is 0 Å². The molecule has 0 aliphatic heterocycles. The van der Waals surface area contributed by atoms with Crippen molar-refractivity contribution in [3.8, 4) is 0 Å². The summed E-state index contributed by atoms with van der Waals surface area (Å²) < 4.78 is 0. The van der Waals surface area contributed by atoms with Gasteiger partial charge in [-0.05, 0) is 24.7 Å². The quantitative estimate of drug-likeness (QED) is 0.692. The molecule has 0 spiro atoms. The molecule has 0 saturated heterocycles. The van der Waals surface area contributed by atoms with Gasteiger partial charge in [0.2, 0.25) is 5.91 Å². The van der Waals surface area contributed by atoms with Crippen LogP contribution in [-0.2, 0) is 4.79 Å². The Balaban J connectivity index is 2.19. The SMILES string of the molecule is CC(C)C(S)C(=O)NCC1CCCC1. The molecule has 1 N–H and O–H groups in total. The molecule has 0 aromatic carbocycles. The zero-order valence-corrected chi connectivity index (χ0v) is 10.0. The molecule has 1 fully saturated rings. The van der Waals surface area contributed by atoms with Gasteiger partial charge in [0.05, 0.1) is 5.25 Å². The van der Waals surface area contributed by atoms with Gasteiger partial charge in [0, 0.05) is 6.54 Å². The van der Waals surface area contributed by atoms with Crippen LogP contribution < -0.4 is 5.32 Å². The molecule has 1 rings (SSSR count). The molecule has 14 heavy (non-hydrogen) atoms. The fourth-order valence-corrected chi connectivity index (χ4v) is 1.96. The summed E-state index contributed by atoms with van der Waals surface area (Å²) in [5, 5.41) is 2.83. The van der Waals surface area contributed by atoms with Crippen LogP contribution in [0.15, 0.2) is 0 Å². The van der Waals surface area contributed by atoms with Crippen LogP contribution in [0.5, 0.6) is 0 Å². The second kappa shape index (κ2) is 5.64. The topological polar surface area (TPSA) is 29.1 Å². The molecule has 1 aliphatic rings. The minimum absolute atomic E-state index is 0.0928. The second-order valence-electron chi connectivity index (χ2n) is 4.58. The number of amides is 1. The zero-order chi connectivity index (χ0) is 10.6. The van der Waals surface area contributed by atoms with E-state index in [2.05, 4.69) is 17.9 Å². The minimum atomic E-state index is -0.156. The van der Waals surface area contributed by atoms with Crippen molar-refractivity contribution >= 4 is 18.5 Å². The number of hydrogen-bond donors (Lipinski definition) is 2. The third kappa shape index (κ3) is 3.52. The molecular formula is C11H21NOS. The van der Waals surface area contributed by atoms with E-state index < -0.39 is 0 Å². The Hall–Kier alpha value is -0.180. The molecule has 0 aromatic heterocycles. The molecule has 3 heteroatoms. The van der Waals surface area contributed by atoms with Crippen molar-refractivity contribution in [1.82, 2.24) is 5.32 Å². The number of carbonyl (C=O) groups is 1. The largest absolute Gasteiger partial charge is 0.355 e. The number of rotatable bonds is 4. The van der Waals surface area contributed by atoms with Crippen LogP contribution in [0.3, 0.4) is 0 Å². The van der Waals surface area contributed by atoms with Crippen molar-refractivity contribution in [3.05, 3.63) is 0 Å². The first-order valence-corrected chi connectivity index (χ1v) is 6.08. The highest BCUT2D eigenvalue weighted by molar-refractivity contribution is 7.81. The second-order valence-corrected chi connectivity index (χ2v) is 5.14. The Morgan fingerprint density at radius 3 is 2.50 bits per heavy atom. The monoisotopic (exact) mass is 215 g/mol. The van der Waals surface area contributed by atoms with Gasteiger partial charge in [0.25, 0.3) is 0 Å². The van der Waals surface area contributed by atoms with Crippen LogP contribution in [0, 0.1) is 11.8 Å². The highest BCUT2D eigenvalue weighted by Crippen LogP contribution is 2.23. The summed E-state index contributed by atoms with van der Waals surface area (Å²) in [4.78, 5) is 11.6. The molecule has 0 radical (unpaired) electrons. The molecule has 0 heterocycles. The first-order chi connectivity index (χ1) is 6.61. The number of thiol groups is 1. The maximum absolute atomic E-state index is 11.6. The predicted molar refractivity (Wildman–Crippen MR) is 62.6 cm³/mol. The molecule has 0 bridgehead atoms. The molecule has 1 saturated carbocycles. The molecule has 82 valence electrons. The van der Waals surface area contributed by atoms with Gasteiger partial charge in [0.1, 0.15) is 0 Å². The van der Waals surface area contributed by atoms with E-state index in [9.17, 15) is 4.79 Å². The Kier molecular flexibility index (Phi) is 4.79. The first-order valence-electron chi connectivity index (χ1n) is 5.57. The smallest absolute Gasteiger partial charge is 0.233 e. The van der Waals surface area contributed by atoms with E-state index in [-0.39, 0.29) is 11.2 Å². The van der Waals surface area contributed by atoms with Crippen molar-refractivity contribution < 1.29 is 4.79 Å². The minimum Gasteiger partial charge on any atom is -0.355 e. The molecule has 2 nitrogen and oxygen atoms in total. The van der Waals surface area contributed by atoms with Gasteiger partial charge < -0.3 is 5.32 Å². The van der Waals surface area contributed by atoms with Gasteiger partial charge in [-0.25, -0.2) is 0 Å². The molecular weight excluding hydrogens is 194 g/mol. The van der Waals surface area contributed by atoms with Gasteiger partial charge in [-0.1, -0.05) is 26.7 Å². The molecule has 1 atom stereocenters. The molecule has 0 aromatic rings. The Bertz CT molecular complexity index is 188. The maximum atomic E-state index is 11.6. The van der Waals surface area contributed by atoms with E-state index in [1.807, 2.05) is 13.8 Å². The van der Waals surface area contributed by atoms with Crippen LogP contribution in [0.1, 0.15) is 39.5 Å². The summed E-state index contributed by atoms with van der Waals surface area (Å²) in [6, 6.07) is 0. The van der Waals surface area contributed by atoms with Gasteiger partial charge in [0.15, 0.2) is 0 Å². The standard InChI is InChI=1S/C11H21NOS/c1-8(2)10(14)11(13)12-7-9-5-3-4-6-9/h8-10,14H,3-7H2,1-2H3,(H,12,13). The van der Waals surface area contributed by atoms with Gasteiger partial charge in [-0.15, -0.1) is 0 Å². The van der Waals surface area contributed by atoms with Crippen molar-refractivity contribution in [3.63, 3.8) is 0 Å². The lowest BCUT2D eigenvalue weighted by Gasteiger charge is -2.16. The predicted octanol–water partition coefficient (Wildman–Crippen LogP) is 2.25. The van der Waals surface area contributed by atoms with E-state index >= 15 is 0 Å². The third-order valence-electron chi connectivity index (χ3n) is 2.94. The van der Waals surface area contributed by atoms with Crippen LogP contribution in [0.25, 0.3) is 0 Å². The van der Waals surface area contributed by atoms with Crippen molar-refractivity contribution in [2.24, 2.45) is 11.8 Å². The fourth-order valence-electron chi connectivity index (χ4n) is 1.87.